The second kappa shape index (κ2) is 5.39. The third-order valence-electron chi connectivity index (χ3n) is 2.14. The molecule has 0 aliphatic heterocycles. The molecule has 0 radical (unpaired) electrons. The standard InChI is InChI=1S/C12H17NO2/c1-4-7-15-12-6-5-9(2)8-11(12)10(3)13-14/h5-6,8,14H,4,7H2,1-3H3/b13-10+. The Morgan fingerprint density at radius 3 is 2.80 bits per heavy atom. The molecule has 0 unspecified atom stereocenters. The maximum absolute atomic E-state index is 8.76. The van der Waals surface area contributed by atoms with Crippen molar-refractivity contribution in [2.45, 2.75) is 27.2 Å². The van der Waals surface area contributed by atoms with Crippen LogP contribution in [0, 0.1) is 6.92 Å². The molecule has 0 aromatic heterocycles. The average molecular weight is 207 g/mol. The summed E-state index contributed by atoms with van der Waals surface area (Å²) in [6, 6.07) is 5.86. The first-order chi connectivity index (χ1) is 7.19. The first-order valence-corrected chi connectivity index (χ1v) is 5.11. The van der Waals surface area contributed by atoms with Gasteiger partial charge in [-0.05, 0) is 32.4 Å². The lowest BCUT2D eigenvalue weighted by molar-refractivity contribution is 0.312. The molecule has 0 aliphatic rings. The van der Waals surface area contributed by atoms with Gasteiger partial charge in [0.1, 0.15) is 5.75 Å². The molecule has 0 spiro atoms. The maximum Gasteiger partial charge on any atom is 0.128 e. The smallest absolute Gasteiger partial charge is 0.128 e. The van der Waals surface area contributed by atoms with Crippen LogP contribution < -0.4 is 4.74 Å². The zero-order valence-electron chi connectivity index (χ0n) is 9.45. The minimum atomic E-state index is 0.574. The Hall–Kier alpha value is -1.51. The Balaban J connectivity index is 3.03. The second-order valence-electron chi connectivity index (χ2n) is 3.53. The van der Waals surface area contributed by atoms with Crippen molar-refractivity contribution in [3.63, 3.8) is 0 Å². The molecule has 0 atom stereocenters. The minimum Gasteiger partial charge on any atom is -0.493 e. The average Bonchev–Trinajstić information content (AvgIpc) is 2.26. The lowest BCUT2D eigenvalue weighted by atomic mass is 10.1. The maximum atomic E-state index is 8.76. The van der Waals surface area contributed by atoms with Crippen LogP contribution >= 0.6 is 0 Å². The van der Waals surface area contributed by atoms with Crippen LogP contribution in [0.15, 0.2) is 23.4 Å². The normalized spacial score (nSPS) is 11.5. The molecule has 1 N–H and O–H groups in total. The van der Waals surface area contributed by atoms with Gasteiger partial charge in [-0.2, -0.15) is 0 Å². The molecule has 0 heterocycles. The highest BCUT2D eigenvalue weighted by Gasteiger charge is 2.07. The van der Waals surface area contributed by atoms with Crippen molar-refractivity contribution in [3.05, 3.63) is 29.3 Å². The topological polar surface area (TPSA) is 41.8 Å². The van der Waals surface area contributed by atoms with Crippen molar-refractivity contribution in [2.75, 3.05) is 6.61 Å². The fourth-order valence-electron chi connectivity index (χ4n) is 1.32. The summed E-state index contributed by atoms with van der Waals surface area (Å²) in [5.74, 6) is 0.776. The number of ether oxygens (including phenoxy) is 1. The fraction of sp³-hybridized carbons (Fsp3) is 0.417. The summed E-state index contributed by atoms with van der Waals surface area (Å²) in [7, 11) is 0. The molecule has 82 valence electrons. The van der Waals surface area contributed by atoms with E-state index in [0.29, 0.717) is 12.3 Å². The van der Waals surface area contributed by atoms with Gasteiger partial charge < -0.3 is 9.94 Å². The predicted octanol–water partition coefficient (Wildman–Crippen LogP) is 2.98. The van der Waals surface area contributed by atoms with E-state index in [9.17, 15) is 0 Å². The van der Waals surface area contributed by atoms with Gasteiger partial charge in [0.05, 0.1) is 12.3 Å². The van der Waals surface area contributed by atoms with Crippen LogP contribution in [0.3, 0.4) is 0 Å². The van der Waals surface area contributed by atoms with Crippen molar-refractivity contribution < 1.29 is 9.94 Å². The van der Waals surface area contributed by atoms with E-state index in [2.05, 4.69) is 12.1 Å². The van der Waals surface area contributed by atoms with E-state index in [1.807, 2.05) is 25.1 Å². The highest BCUT2D eigenvalue weighted by molar-refractivity contribution is 6.00. The molecule has 1 rings (SSSR count). The Morgan fingerprint density at radius 1 is 1.47 bits per heavy atom. The van der Waals surface area contributed by atoms with Crippen molar-refractivity contribution in [2.24, 2.45) is 5.16 Å². The monoisotopic (exact) mass is 207 g/mol. The first-order valence-electron chi connectivity index (χ1n) is 5.11. The molecule has 0 saturated carbocycles. The number of nitrogens with zero attached hydrogens (tertiary/aromatic N) is 1. The van der Waals surface area contributed by atoms with Crippen LogP contribution in [-0.4, -0.2) is 17.5 Å². The molecule has 1 aromatic rings. The van der Waals surface area contributed by atoms with E-state index >= 15 is 0 Å². The Labute approximate surface area is 90.4 Å². The number of rotatable bonds is 4. The molecule has 0 amide bonds. The van der Waals surface area contributed by atoms with Crippen LogP contribution in [-0.2, 0) is 0 Å². The fourth-order valence-corrected chi connectivity index (χ4v) is 1.32. The Kier molecular flexibility index (Phi) is 4.16. The van der Waals surface area contributed by atoms with E-state index in [1.165, 1.54) is 0 Å². The molecule has 15 heavy (non-hydrogen) atoms. The molecule has 3 heteroatoms. The Bertz CT molecular complexity index is 359. The zero-order chi connectivity index (χ0) is 11.3. The van der Waals surface area contributed by atoms with Gasteiger partial charge >= 0.3 is 0 Å². The number of aryl methyl sites for hydroxylation is 1. The number of benzene rings is 1. The summed E-state index contributed by atoms with van der Waals surface area (Å²) in [6.45, 7) is 6.49. The first kappa shape index (κ1) is 11.6. The van der Waals surface area contributed by atoms with Crippen LogP contribution in [0.1, 0.15) is 31.4 Å². The third-order valence-corrected chi connectivity index (χ3v) is 2.14. The number of oxime groups is 1. The van der Waals surface area contributed by atoms with Gasteiger partial charge in [-0.1, -0.05) is 23.7 Å². The van der Waals surface area contributed by atoms with E-state index in [4.69, 9.17) is 9.94 Å². The summed E-state index contributed by atoms with van der Waals surface area (Å²) in [6.07, 6.45) is 0.961. The summed E-state index contributed by atoms with van der Waals surface area (Å²) < 4.78 is 5.57. The van der Waals surface area contributed by atoms with E-state index in [0.717, 1.165) is 23.3 Å². The SMILES string of the molecule is CCCOc1ccc(C)cc1/C(C)=N/O. The predicted molar refractivity (Wildman–Crippen MR) is 61.0 cm³/mol. The van der Waals surface area contributed by atoms with Crippen LogP contribution in [0.5, 0.6) is 5.75 Å². The van der Waals surface area contributed by atoms with Crippen LogP contribution in [0.2, 0.25) is 0 Å². The second-order valence-corrected chi connectivity index (χ2v) is 3.53. The number of hydrogen-bond donors (Lipinski definition) is 1. The minimum absolute atomic E-state index is 0.574. The van der Waals surface area contributed by atoms with Crippen molar-refractivity contribution >= 4 is 5.71 Å². The van der Waals surface area contributed by atoms with Gasteiger partial charge in [-0.3, -0.25) is 0 Å². The van der Waals surface area contributed by atoms with E-state index < -0.39 is 0 Å². The molecular weight excluding hydrogens is 190 g/mol. The van der Waals surface area contributed by atoms with Crippen molar-refractivity contribution in [1.29, 1.82) is 0 Å². The molecule has 0 saturated heterocycles. The van der Waals surface area contributed by atoms with Gasteiger partial charge in [0.2, 0.25) is 0 Å². The number of hydrogen-bond acceptors (Lipinski definition) is 3. The molecular formula is C12H17NO2. The lowest BCUT2D eigenvalue weighted by Gasteiger charge is -2.10. The van der Waals surface area contributed by atoms with E-state index in [1.54, 1.807) is 6.92 Å². The summed E-state index contributed by atoms with van der Waals surface area (Å²) >= 11 is 0. The molecule has 0 fully saturated rings. The molecule has 3 nitrogen and oxygen atoms in total. The highest BCUT2D eigenvalue weighted by atomic mass is 16.5. The summed E-state index contributed by atoms with van der Waals surface area (Å²) in [4.78, 5) is 0. The van der Waals surface area contributed by atoms with Gasteiger partial charge in [0.25, 0.3) is 0 Å². The quantitative estimate of drug-likeness (QED) is 0.468. The summed E-state index contributed by atoms with van der Waals surface area (Å²) in [5.41, 5.74) is 2.55. The van der Waals surface area contributed by atoms with Gasteiger partial charge in [0.15, 0.2) is 0 Å². The summed E-state index contributed by atoms with van der Waals surface area (Å²) in [5, 5.41) is 12.0. The molecule has 1 aromatic carbocycles. The van der Waals surface area contributed by atoms with Crippen LogP contribution in [0.25, 0.3) is 0 Å². The van der Waals surface area contributed by atoms with Crippen molar-refractivity contribution in [3.8, 4) is 5.75 Å². The lowest BCUT2D eigenvalue weighted by Crippen LogP contribution is -2.03. The molecule has 0 bridgehead atoms. The molecule has 0 aliphatic carbocycles. The largest absolute Gasteiger partial charge is 0.493 e. The van der Waals surface area contributed by atoms with E-state index in [-0.39, 0.29) is 0 Å². The highest BCUT2D eigenvalue weighted by Crippen LogP contribution is 2.21. The van der Waals surface area contributed by atoms with Gasteiger partial charge in [-0.25, -0.2) is 0 Å². The third kappa shape index (κ3) is 2.98. The van der Waals surface area contributed by atoms with Gasteiger partial charge in [-0.15, -0.1) is 0 Å². The zero-order valence-corrected chi connectivity index (χ0v) is 9.45. The van der Waals surface area contributed by atoms with Crippen LogP contribution in [0.4, 0.5) is 0 Å². The Morgan fingerprint density at radius 2 is 2.20 bits per heavy atom. The van der Waals surface area contributed by atoms with Gasteiger partial charge in [0, 0.05) is 5.56 Å². The van der Waals surface area contributed by atoms with Crippen molar-refractivity contribution in [1.82, 2.24) is 0 Å².